The van der Waals surface area contributed by atoms with Crippen LogP contribution in [0, 0.1) is 20.8 Å². The second kappa shape index (κ2) is 24.0. The fraction of sp³-hybridized carbons (Fsp3) is 0.565. The highest BCUT2D eigenvalue weighted by molar-refractivity contribution is 5.99. The Kier molecular flexibility index (Phi) is 18.6. The Balaban J connectivity index is 1.11. The van der Waals surface area contributed by atoms with E-state index < -0.39 is 5.97 Å². The van der Waals surface area contributed by atoms with Gasteiger partial charge in [0.25, 0.3) is 11.5 Å². The number of piperazine rings is 1. The molecule has 14 nitrogen and oxygen atoms in total. The van der Waals surface area contributed by atoms with Gasteiger partial charge in [-0.1, -0.05) is 24.3 Å². The van der Waals surface area contributed by atoms with Gasteiger partial charge in [0.1, 0.15) is 6.61 Å². The Morgan fingerprint density at radius 3 is 2.27 bits per heavy atom. The number of nitrogens with one attached hydrogen (secondary N) is 3. The molecule has 5 rings (SSSR count). The molecule has 0 saturated carbocycles. The molecule has 0 bridgehead atoms. The third-order valence-corrected chi connectivity index (χ3v) is 11.4. The van der Waals surface area contributed by atoms with E-state index in [-0.39, 0.29) is 30.5 Å². The zero-order valence-corrected chi connectivity index (χ0v) is 36.1. The zero-order valence-electron chi connectivity index (χ0n) is 36.1. The monoisotopic (exact) mass is 830 g/mol. The number of carboxylic acids is 1. The number of pyridine rings is 1. The molecule has 0 atom stereocenters. The number of aromatic nitrogens is 1. The summed E-state index contributed by atoms with van der Waals surface area (Å²) >= 11 is 0. The first-order valence-electron chi connectivity index (χ1n) is 21.7. The largest absolute Gasteiger partial charge is 0.480 e. The number of carbonyl (C=O) groups is 3. The number of ether oxygens (including phenoxy) is 3. The molecular weight excluding hydrogens is 765 g/mol. The molecule has 2 aromatic carbocycles. The van der Waals surface area contributed by atoms with E-state index in [9.17, 15) is 19.2 Å². The number of rotatable bonds is 23. The minimum absolute atomic E-state index is 0.0583. The molecule has 60 heavy (non-hydrogen) atoms. The van der Waals surface area contributed by atoms with Crippen molar-refractivity contribution in [3.63, 3.8) is 0 Å². The average molecular weight is 831 g/mol. The average Bonchev–Trinajstić information content (AvgIpc) is 3.23. The summed E-state index contributed by atoms with van der Waals surface area (Å²) in [6, 6.07) is 15.1. The highest BCUT2D eigenvalue weighted by Crippen LogP contribution is 2.34. The summed E-state index contributed by atoms with van der Waals surface area (Å²) in [4.78, 5) is 59.6. The van der Waals surface area contributed by atoms with E-state index in [1.165, 1.54) is 5.56 Å². The maximum absolute atomic E-state index is 13.9. The van der Waals surface area contributed by atoms with Crippen molar-refractivity contribution in [3.05, 3.63) is 86.3 Å². The summed E-state index contributed by atoms with van der Waals surface area (Å²) in [6.45, 7) is 16.9. The topological polar surface area (TPSA) is 166 Å². The number of unbranched alkanes of at least 4 members (excludes halogenated alkanes) is 2. The van der Waals surface area contributed by atoms with Gasteiger partial charge in [0, 0.05) is 114 Å². The minimum atomic E-state index is -0.965. The first kappa shape index (κ1) is 46.5. The number of amides is 2. The van der Waals surface area contributed by atoms with Crippen LogP contribution in [-0.4, -0.2) is 129 Å². The molecule has 0 aliphatic carbocycles. The molecule has 3 aromatic rings. The highest BCUT2D eigenvalue weighted by Gasteiger charge is 2.25. The van der Waals surface area contributed by atoms with Crippen LogP contribution in [0.25, 0.3) is 11.1 Å². The zero-order chi connectivity index (χ0) is 42.9. The maximum Gasteiger partial charge on any atom is 0.329 e. The Labute approximate surface area is 354 Å². The minimum Gasteiger partial charge on any atom is -0.480 e. The van der Waals surface area contributed by atoms with Crippen LogP contribution in [0.5, 0.6) is 0 Å². The predicted octanol–water partition coefficient (Wildman–Crippen LogP) is 4.81. The summed E-state index contributed by atoms with van der Waals surface area (Å²) in [5.41, 5.74) is 7.79. The maximum atomic E-state index is 13.9. The fourth-order valence-electron chi connectivity index (χ4n) is 8.07. The molecule has 2 aliphatic heterocycles. The molecule has 328 valence electrons. The number of carboxylic acid groups (broad SMARTS) is 1. The van der Waals surface area contributed by atoms with Crippen molar-refractivity contribution in [1.29, 1.82) is 0 Å². The number of aromatic amines is 1. The van der Waals surface area contributed by atoms with Crippen molar-refractivity contribution in [2.45, 2.75) is 85.4 Å². The number of anilines is 1. The van der Waals surface area contributed by atoms with Crippen molar-refractivity contribution in [3.8, 4) is 11.1 Å². The molecule has 0 radical (unpaired) electrons. The molecule has 3 heterocycles. The standard InChI is InChI=1S/C46H66N6O8/c1-5-52(39-14-24-59-25-15-39)42-28-38(27-40(35(42)4)45(56)48-29-41-33(2)26-34(3)49-46(41)57)37-12-10-36(11-13-37)30-50-17-19-51(20-18-50)31-43(53)47-16-7-6-8-21-58-22-9-23-60-32-44(54)55/h10-13,26-28,39H,5-9,14-25,29-32H2,1-4H3,(H,47,53)(H,48,56)(H,49,57)(H,54,55). The Morgan fingerprint density at radius 1 is 0.867 bits per heavy atom. The van der Waals surface area contributed by atoms with E-state index in [2.05, 4.69) is 67.6 Å². The molecule has 2 fully saturated rings. The van der Waals surface area contributed by atoms with Gasteiger partial charge in [0.15, 0.2) is 0 Å². The van der Waals surface area contributed by atoms with Crippen LogP contribution >= 0.6 is 0 Å². The SMILES string of the molecule is CCN(c1cc(-c2ccc(CN3CCN(CC(=O)NCCCCCOCCCOCC(=O)O)CC3)cc2)cc(C(=O)NCc2c(C)cc(C)[nH]c2=O)c1C)C1CCOCC1. The third-order valence-electron chi connectivity index (χ3n) is 11.4. The lowest BCUT2D eigenvalue weighted by Crippen LogP contribution is -2.49. The molecule has 1 aromatic heterocycles. The van der Waals surface area contributed by atoms with Gasteiger partial charge in [-0.2, -0.15) is 0 Å². The first-order valence-corrected chi connectivity index (χ1v) is 21.7. The second-order valence-electron chi connectivity index (χ2n) is 16.0. The van der Waals surface area contributed by atoms with Gasteiger partial charge < -0.3 is 39.8 Å². The number of aliphatic carboxylic acids is 1. The van der Waals surface area contributed by atoms with E-state index in [1.807, 2.05) is 32.9 Å². The molecule has 2 amide bonds. The van der Waals surface area contributed by atoms with Gasteiger partial charge >= 0.3 is 5.97 Å². The Hall–Kier alpha value is -4.60. The van der Waals surface area contributed by atoms with Crippen LogP contribution in [0.15, 0.2) is 47.3 Å². The summed E-state index contributed by atoms with van der Waals surface area (Å²) in [6.07, 6.45) is 5.31. The summed E-state index contributed by atoms with van der Waals surface area (Å²) in [5.74, 6) is -1.11. The quantitative estimate of drug-likeness (QED) is 0.0970. The molecule has 0 spiro atoms. The summed E-state index contributed by atoms with van der Waals surface area (Å²) in [7, 11) is 0. The number of H-pyrrole nitrogens is 1. The second-order valence-corrected chi connectivity index (χ2v) is 16.0. The molecule has 14 heteroatoms. The van der Waals surface area contributed by atoms with Crippen LogP contribution < -0.4 is 21.1 Å². The molecule has 2 saturated heterocycles. The number of hydrogen-bond acceptors (Lipinski definition) is 10. The lowest BCUT2D eigenvalue weighted by atomic mass is 9.94. The van der Waals surface area contributed by atoms with Crippen molar-refractivity contribution >= 4 is 23.5 Å². The third kappa shape index (κ3) is 14.3. The van der Waals surface area contributed by atoms with Crippen LogP contribution in [0.2, 0.25) is 0 Å². The van der Waals surface area contributed by atoms with Crippen molar-refractivity contribution in [1.82, 2.24) is 25.4 Å². The number of nitrogens with zero attached hydrogens (tertiary/aromatic N) is 3. The van der Waals surface area contributed by atoms with E-state index in [0.29, 0.717) is 56.5 Å². The van der Waals surface area contributed by atoms with Crippen LogP contribution in [0.4, 0.5) is 5.69 Å². The Bertz CT molecular complexity index is 1900. The highest BCUT2D eigenvalue weighted by atomic mass is 16.5. The van der Waals surface area contributed by atoms with E-state index in [4.69, 9.17) is 19.3 Å². The van der Waals surface area contributed by atoms with Gasteiger partial charge in [-0.25, -0.2) is 4.79 Å². The van der Waals surface area contributed by atoms with Gasteiger partial charge in [0.05, 0.1) is 6.54 Å². The summed E-state index contributed by atoms with van der Waals surface area (Å²) in [5, 5.41) is 14.7. The van der Waals surface area contributed by atoms with E-state index >= 15 is 0 Å². The number of benzene rings is 2. The lowest BCUT2D eigenvalue weighted by molar-refractivity contribution is -0.142. The number of carbonyl (C=O) groups excluding carboxylic acids is 2. The van der Waals surface area contributed by atoms with Crippen molar-refractivity contribution in [2.75, 3.05) is 90.4 Å². The fourth-order valence-corrected chi connectivity index (χ4v) is 8.07. The normalized spacial score (nSPS) is 15.2. The smallest absolute Gasteiger partial charge is 0.329 e. The van der Waals surface area contributed by atoms with Crippen LogP contribution in [0.3, 0.4) is 0 Å². The van der Waals surface area contributed by atoms with Crippen LogP contribution in [0.1, 0.15) is 83.8 Å². The van der Waals surface area contributed by atoms with Gasteiger partial charge in [0.2, 0.25) is 5.91 Å². The van der Waals surface area contributed by atoms with E-state index in [0.717, 1.165) is 118 Å². The van der Waals surface area contributed by atoms with Gasteiger partial charge in [-0.15, -0.1) is 0 Å². The number of hydrogen-bond donors (Lipinski definition) is 4. The predicted molar refractivity (Wildman–Crippen MR) is 234 cm³/mol. The lowest BCUT2D eigenvalue weighted by Gasteiger charge is -2.37. The van der Waals surface area contributed by atoms with E-state index in [1.54, 1.807) is 0 Å². The molecule has 0 unspecified atom stereocenters. The Morgan fingerprint density at radius 2 is 1.57 bits per heavy atom. The molecule has 2 aliphatic rings. The van der Waals surface area contributed by atoms with Gasteiger partial charge in [-0.3, -0.25) is 24.2 Å². The summed E-state index contributed by atoms with van der Waals surface area (Å²) < 4.78 is 16.2. The molecule has 4 N–H and O–H groups in total. The molecular formula is C46H66N6O8. The van der Waals surface area contributed by atoms with Gasteiger partial charge in [-0.05, 0) is 112 Å². The van der Waals surface area contributed by atoms with Crippen molar-refractivity contribution in [2.24, 2.45) is 0 Å². The van der Waals surface area contributed by atoms with Crippen molar-refractivity contribution < 1.29 is 33.7 Å². The first-order chi connectivity index (χ1) is 29.0. The van der Waals surface area contributed by atoms with Crippen LogP contribution in [-0.2, 0) is 36.9 Å². The number of aryl methyl sites for hydroxylation is 2.